The van der Waals surface area contributed by atoms with Gasteiger partial charge in [0.15, 0.2) is 0 Å². The minimum absolute atomic E-state index is 0.0696. The molecule has 0 aliphatic carbocycles. The quantitative estimate of drug-likeness (QED) is 0.780. The summed E-state index contributed by atoms with van der Waals surface area (Å²) in [6.45, 7) is 2.20. The summed E-state index contributed by atoms with van der Waals surface area (Å²) in [5.74, 6) is 0. The molecule has 2 aromatic rings. The average Bonchev–Trinajstić information content (AvgIpc) is 2.35. The molecule has 0 saturated carbocycles. The molecule has 0 saturated heterocycles. The van der Waals surface area contributed by atoms with Crippen molar-refractivity contribution in [3.63, 3.8) is 0 Å². The van der Waals surface area contributed by atoms with Crippen LogP contribution in [0.2, 0.25) is 0 Å². The number of aromatic nitrogens is 1. The van der Waals surface area contributed by atoms with Gasteiger partial charge >= 0.3 is 0 Å². The Balaban J connectivity index is 2.17. The third kappa shape index (κ3) is 2.96. The zero-order valence-electron chi connectivity index (χ0n) is 10.3. The largest absolute Gasteiger partial charge is 0.322 e. The van der Waals surface area contributed by atoms with Crippen molar-refractivity contribution in [3.05, 3.63) is 46.2 Å². The number of rotatable bonds is 5. The molecule has 1 aromatic heterocycles. The minimum Gasteiger partial charge on any atom is -0.322 e. The van der Waals surface area contributed by atoms with Gasteiger partial charge < -0.3 is 4.98 Å². The van der Waals surface area contributed by atoms with Gasteiger partial charge in [0.1, 0.15) is 0 Å². The van der Waals surface area contributed by atoms with E-state index in [2.05, 4.69) is 11.9 Å². The maximum absolute atomic E-state index is 11.8. The highest BCUT2D eigenvalue weighted by Crippen LogP contribution is 2.12. The highest BCUT2D eigenvalue weighted by atomic mass is 16.1. The average molecular weight is 229 g/mol. The number of aryl methyl sites for hydroxylation is 1. The molecule has 2 heteroatoms. The molecule has 1 heterocycles. The number of aromatic amines is 1. The van der Waals surface area contributed by atoms with Gasteiger partial charge in [0, 0.05) is 11.1 Å². The Labute approximate surface area is 102 Å². The molecular formula is C15H19NO. The SMILES string of the molecule is CCCCCCc1cc2ccccc2[nH]c1=O. The van der Waals surface area contributed by atoms with Gasteiger partial charge in [0.2, 0.25) is 0 Å². The van der Waals surface area contributed by atoms with Crippen LogP contribution in [0.1, 0.15) is 38.2 Å². The first-order valence-corrected chi connectivity index (χ1v) is 6.42. The van der Waals surface area contributed by atoms with Crippen LogP contribution in [0.5, 0.6) is 0 Å². The summed E-state index contributed by atoms with van der Waals surface area (Å²) in [6, 6.07) is 9.96. The second-order valence-electron chi connectivity index (χ2n) is 4.52. The minimum atomic E-state index is 0.0696. The van der Waals surface area contributed by atoms with E-state index in [0.717, 1.165) is 29.3 Å². The van der Waals surface area contributed by atoms with Crippen LogP contribution >= 0.6 is 0 Å². The van der Waals surface area contributed by atoms with Gasteiger partial charge in [-0.1, -0.05) is 44.4 Å². The van der Waals surface area contributed by atoms with E-state index in [1.165, 1.54) is 19.3 Å². The number of unbranched alkanes of at least 4 members (excludes halogenated alkanes) is 3. The van der Waals surface area contributed by atoms with Crippen molar-refractivity contribution < 1.29 is 0 Å². The van der Waals surface area contributed by atoms with E-state index in [0.29, 0.717) is 0 Å². The van der Waals surface area contributed by atoms with Crippen LogP contribution in [0, 0.1) is 0 Å². The second-order valence-corrected chi connectivity index (χ2v) is 4.52. The normalized spacial score (nSPS) is 10.9. The van der Waals surface area contributed by atoms with Gasteiger partial charge in [-0.15, -0.1) is 0 Å². The molecule has 90 valence electrons. The standard InChI is InChI=1S/C15H19NO/c1-2-3-4-5-9-13-11-12-8-6-7-10-14(12)16-15(13)17/h6-8,10-11H,2-5,9H2,1H3,(H,16,17). The first kappa shape index (κ1) is 11.9. The van der Waals surface area contributed by atoms with Gasteiger partial charge in [-0.3, -0.25) is 4.79 Å². The lowest BCUT2D eigenvalue weighted by Crippen LogP contribution is -2.12. The van der Waals surface area contributed by atoms with E-state index < -0.39 is 0 Å². The Morgan fingerprint density at radius 1 is 1.12 bits per heavy atom. The molecule has 0 spiro atoms. The van der Waals surface area contributed by atoms with Crippen molar-refractivity contribution in [2.75, 3.05) is 0 Å². The lowest BCUT2D eigenvalue weighted by atomic mass is 10.1. The van der Waals surface area contributed by atoms with Crippen molar-refractivity contribution in [1.29, 1.82) is 0 Å². The van der Waals surface area contributed by atoms with E-state index in [4.69, 9.17) is 0 Å². The summed E-state index contributed by atoms with van der Waals surface area (Å²) in [6.07, 6.45) is 5.69. The van der Waals surface area contributed by atoms with Crippen LogP contribution in [0.3, 0.4) is 0 Å². The van der Waals surface area contributed by atoms with Gasteiger partial charge in [-0.05, 0) is 30.4 Å². The fourth-order valence-corrected chi connectivity index (χ4v) is 2.12. The monoisotopic (exact) mass is 229 g/mol. The number of pyridine rings is 1. The summed E-state index contributed by atoms with van der Waals surface area (Å²) in [7, 11) is 0. The van der Waals surface area contributed by atoms with Gasteiger partial charge in [0.05, 0.1) is 0 Å². The molecule has 0 unspecified atom stereocenters. The smallest absolute Gasteiger partial charge is 0.251 e. The highest BCUT2D eigenvalue weighted by molar-refractivity contribution is 5.78. The van der Waals surface area contributed by atoms with Crippen LogP contribution in [0.15, 0.2) is 35.1 Å². The fourth-order valence-electron chi connectivity index (χ4n) is 2.12. The summed E-state index contributed by atoms with van der Waals surface area (Å²) in [5, 5.41) is 1.12. The molecule has 17 heavy (non-hydrogen) atoms. The predicted octanol–water partition coefficient (Wildman–Crippen LogP) is 3.65. The lowest BCUT2D eigenvalue weighted by molar-refractivity contribution is 0.665. The summed E-state index contributed by atoms with van der Waals surface area (Å²) < 4.78 is 0. The molecule has 0 bridgehead atoms. The zero-order valence-corrected chi connectivity index (χ0v) is 10.3. The molecule has 2 rings (SSSR count). The number of para-hydroxylation sites is 1. The number of benzene rings is 1. The summed E-state index contributed by atoms with van der Waals surface area (Å²) in [5.41, 5.74) is 1.91. The van der Waals surface area contributed by atoms with E-state index in [1.807, 2.05) is 30.3 Å². The Morgan fingerprint density at radius 3 is 2.76 bits per heavy atom. The molecule has 0 radical (unpaired) electrons. The molecular weight excluding hydrogens is 210 g/mol. The Morgan fingerprint density at radius 2 is 1.94 bits per heavy atom. The Bertz CT molecular complexity index is 542. The first-order valence-electron chi connectivity index (χ1n) is 6.42. The van der Waals surface area contributed by atoms with Crippen LogP contribution in [0.25, 0.3) is 10.9 Å². The van der Waals surface area contributed by atoms with E-state index in [9.17, 15) is 4.79 Å². The van der Waals surface area contributed by atoms with Crippen LogP contribution in [-0.4, -0.2) is 4.98 Å². The van der Waals surface area contributed by atoms with Gasteiger partial charge in [-0.2, -0.15) is 0 Å². The third-order valence-electron chi connectivity index (χ3n) is 3.13. The summed E-state index contributed by atoms with van der Waals surface area (Å²) in [4.78, 5) is 14.8. The first-order chi connectivity index (χ1) is 8.31. The Kier molecular flexibility index (Phi) is 3.97. The topological polar surface area (TPSA) is 32.9 Å². The van der Waals surface area contributed by atoms with Gasteiger partial charge in [0.25, 0.3) is 5.56 Å². The number of hydrogen-bond acceptors (Lipinski definition) is 1. The van der Waals surface area contributed by atoms with E-state index in [1.54, 1.807) is 0 Å². The third-order valence-corrected chi connectivity index (χ3v) is 3.13. The van der Waals surface area contributed by atoms with Crippen molar-refractivity contribution in [3.8, 4) is 0 Å². The molecule has 0 fully saturated rings. The number of H-pyrrole nitrogens is 1. The molecule has 1 N–H and O–H groups in total. The zero-order chi connectivity index (χ0) is 12.1. The van der Waals surface area contributed by atoms with Crippen LogP contribution < -0.4 is 5.56 Å². The number of hydrogen-bond donors (Lipinski definition) is 1. The molecule has 1 aromatic carbocycles. The number of fused-ring (bicyclic) bond motifs is 1. The molecule has 0 aliphatic rings. The lowest BCUT2D eigenvalue weighted by Gasteiger charge is -2.03. The fraction of sp³-hybridized carbons (Fsp3) is 0.400. The van der Waals surface area contributed by atoms with Crippen molar-refractivity contribution in [2.45, 2.75) is 39.0 Å². The molecule has 0 amide bonds. The maximum atomic E-state index is 11.8. The van der Waals surface area contributed by atoms with Crippen LogP contribution in [-0.2, 0) is 6.42 Å². The second kappa shape index (κ2) is 5.67. The van der Waals surface area contributed by atoms with E-state index >= 15 is 0 Å². The summed E-state index contributed by atoms with van der Waals surface area (Å²) >= 11 is 0. The number of nitrogens with one attached hydrogen (secondary N) is 1. The van der Waals surface area contributed by atoms with Gasteiger partial charge in [-0.25, -0.2) is 0 Å². The predicted molar refractivity (Wildman–Crippen MR) is 72.4 cm³/mol. The van der Waals surface area contributed by atoms with Crippen molar-refractivity contribution >= 4 is 10.9 Å². The molecule has 0 aliphatic heterocycles. The van der Waals surface area contributed by atoms with E-state index in [-0.39, 0.29) is 5.56 Å². The van der Waals surface area contributed by atoms with Crippen LogP contribution in [0.4, 0.5) is 0 Å². The Hall–Kier alpha value is -1.57. The molecule has 2 nitrogen and oxygen atoms in total. The maximum Gasteiger partial charge on any atom is 0.251 e. The highest BCUT2D eigenvalue weighted by Gasteiger charge is 2.02. The van der Waals surface area contributed by atoms with Crippen molar-refractivity contribution in [1.82, 2.24) is 4.98 Å². The van der Waals surface area contributed by atoms with Crippen molar-refractivity contribution in [2.24, 2.45) is 0 Å². The molecule has 0 atom stereocenters.